The zero-order valence-corrected chi connectivity index (χ0v) is 17.3. The van der Waals surface area contributed by atoms with Gasteiger partial charge in [0.1, 0.15) is 0 Å². The van der Waals surface area contributed by atoms with E-state index in [1.165, 1.54) is 12.1 Å². The number of nitrogens with zero attached hydrogens (tertiary/aromatic N) is 3. The Kier molecular flexibility index (Phi) is 6.36. The van der Waals surface area contributed by atoms with Gasteiger partial charge in [-0.15, -0.1) is 0 Å². The molecule has 0 fully saturated rings. The summed E-state index contributed by atoms with van der Waals surface area (Å²) >= 11 is 0. The van der Waals surface area contributed by atoms with Crippen LogP contribution in [0, 0.1) is 10.1 Å². The number of rotatable bonds is 8. The fourth-order valence-corrected chi connectivity index (χ4v) is 3.46. The zero-order chi connectivity index (χ0) is 22.3. The fourth-order valence-electron chi connectivity index (χ4n) is 3.46. The van der Waals surface area contributed by atoms with Crippen LogP contribution in [0.25, 0.3) is 16.9 Å². The van der Waals surface area contributed by atoms with Crippen LogP contribution in [-0.2, 0) is 17.6 Å². The largest absolute Gasteiger partial charge is 0.355 e. The van der Waals surface area contributed by atoms with E-state index in [4.69, 9.17) is 0 Å². The number of hydrogen-bond donors (Lipinski definition) is 1. The standard InChI is InChI=1S/C25H22N4O3/c30-24(26-16-15-19-7-3-1-4-8-19)17-21-18-28(22-9-5-2-6-10-22)27-25(21)20-11-13-23(14-12-20)29(31)32/h1-14,18H,15-17H2,(H,26,30). The molecule has 0 saturated carbocycles. The number of non-ortho nitro benzene ring substituents is 1. The Balaban J connectivity index is 1.54. The molecular formula is C25H22N4O3. The first-order chi connectivity index (χ1) is 15.6. The van der Waals surface area contributed by atoms with Gasteiger partial charge in [-0.1, -0.05) is 48.5 Å². The van der Waals surface area contributed by atoms with Gasteiger partial charge in [0.25, 0.3) is 5.69 Å². The van der Waals surface area contributed by atoms with Crippen LogP contribution in [0.15, 0.2) is 91.1 Å². The van der Waals surface area contributed by atoms with Gasteiger partial charge in [0.05, 0.1) is 22.7 Å². The number of carbonyl (C=O) groups excluding carboxylic acids is 1. The first kappa shape index (κ1) is 21.0. The van der Waals surface area contributed by atoms with Crippen LogP contribution < -0.4 is 5.32 Å². The second-order valence-electron chi connectivity index (χ2n) is 7.35. The van der Waals surface area contributed by atoms with Crippen LogP contribution in [0.1, 0.15) is 11.1 Å². The lowest BCUT2D eigenvalue weighted by molar-refractivity contribution is -0.384. The third kappa shape index (κ3) is 5.07. The van der Waals surface area contributed by atoms with Gasteiger partial charge in [0.2, 0.25) is 5.91 Å². The van der Waals surface area contributed by atoms with Crippen molar-refractivity contribution in [3.8, 4) is 16.9 Å². The van der Waals surface area contributed by atoms with Gasteiger partial charge >= 0.3 is 0 Å². The number of amides is 1. The highest BCUT2D eigenvalue weighted by Gasteiger charge is 2.16. The van der Waals surface area contributed by atoms with Gasteiger partial charge in [-0.2, -0.15) is 5.10 Å². The van der Waals surface area contributed by atoms with Crippen LogP contribution in [0.5, 0.6) is 0 Å². The monoisotopic (exact) mass is 426 g/mol. The number of aromatic nitrogens is 2. The second-order valence-corrected chi connectivity index (χ2v) is 7.35. The number of carbonyl (C=O) groups is 1. The van der Waals surface area contributed by atoms with E-state index in [1.54, 1.807) is 16.8 Å². The predicted octanol–water partition coefficient (Wildman–Crippen LogP) is 4.35. The molecule has 0 bridgehead atoms. The van der Waals surface area contributed by atoms with Gasteiger partial charge < -0.3 is 5.32 Å². The summed E-state index contributed by atoms with van der Waals surface area (Å²) in [5, 5.41) is 18.6. The van der Waals surface area contributed by atoms with Crippen molar-refractivity contribution >= 4 is 11.6 Å². The molecule has 1 N–H and O–H groups in total. The van der Waals surface area contributed by atoms with Crippen molar-refractivity contribution in [2.75, 3.05) is 6.54 Å². The molecule has 1 heterocycles. The Labute approximate surface area is 185 Å². The third-order valence-electron chi connectivity index (χ3n) is 5.09. The Hall–Kier alpha value is -4.26. The first-order valence-corrected chi connectivity index (χ1v) is 10.3. The molecular weight excluding hydrogens is 404 g/mol. The van der Waals surface area contributed by atoms with Crippen LogP contribution in [0.4, 0.5) is 5.69 Å². The van der Waals surface area contributed by atoms with Crippen molar-refractivity contribution in [2.24, 2.45) is 0 Å². The lowest BCUT2D eigenvalue weighted by Crippen LogP contribution is -2.27. The average molecular weight is 426 g/mol. The van der Waals surface area contributed by atoms with Gasteiger partial charge in [0.15, 0.2) is 0 Å². The molecule has 4 rings (SSSR count). The van der Waals surface area contributed by atoms with Gasteiger partial charge in [-0.3, -0.25) is 14.9 Å². The van der Waals surface area contributed by atoms with E-state index in [0.717, 1.165) is 28.8 Å². The molecule has 3 aromatic carbocycles. The second kappa shape index (κ2) is 9.70. The molecule has 0 saturated heterocycles. The molecule has 0 unspecified atom stereocenters. The molecule has 0 aliphatic carbocycles. The van der Waals surface area contributed by atoms with Crippen molar-refractivity contribution in [3.63, 3.8) is 0 Å². The maximum Gasteiger partial charge on any atom is 0.269 e. The summed E-state index contributed by atoms with van der Waals surface area (Å²) in [7, 11) is 0. The van der Waals surface area contributed by atoms with Crippen molar-refractivity contribution in [1.82, 2.24) is 15.1 Å². The SMILES string of the molecule is O=C(Cc1cn(-c2ccccc2)nc1-c1ccc([N+](=O)[O-])cc1)NCCc1ccccc1. The van der Waals surface area contributed by atoms with Crippen molar-refractivity contribution in [1.29, 1.82) is 0 Å². The maximum absolute atomic E-state index is 12.6. The third-order valence-corrected chi connectivity index (χ3v) is 5.09. The molecule has 4 aromatic rings. The highest BCUT2D eigenvalue weighted by Crippen LogP contribution is 2.26. The molecule has 1 amide bonds. The van der Waals surface area contributed by atoms with E-state index >= 15 is 0 Å². The molecule has 7 nitrogen and oxygen atoms in total. The Bertz CT molecular complexity index is 1200. The van der Waals surface area contributed by atoms with Crippen LogP contribution in [0.2, 0.25) is 0 Å². The van der Waals surface area contributed by atoms with Crippen molar-refractivity contribution in [2.45, 2.75) is 12.8 Å². The van der Waals surface area contributed by atoms with E-state index < -0.39 is 4.92 Å². The number of hydrogen-bond acceptors (Lipinski definition) is 4. The maximum atomic E-state index is 12.6. The minimum atomic E-state index is -0.437. The van der Waals surface area contributed by atoms with Gasteiger partial charge in [0, 0.05) is 36.0 Å². The Morgan fingerprint density at radius 3 is 2.25 bits per heavy atom. The predicted molar refractivity (Wildman–Crippen MR) is 123 cm³/mol. The molecule has 32 heavy (non-hydrogen) atoms. The van der Waals surface area contributed by atoms with E-state index in [9.17, 15) is 14.9 Å². The first-order valence-electron chi connectivity index (χ1n) is 10.3. The van der Waals surface area contributed by atoms with Crippen LogP contribution >= 0.6 is 0 Å². The summed E-state index contributed by atoms with van der Waals surface area (Å²) in [5.41, 5.74) is 4.14. The summed E-state index contributed by atoms with van der Waals surface area (Å²) in [5.74, 6) is -0.100. The summed E-state index contributed by atoms with van der Waals surface area (Å²) in [6.45, 7) is 0.544. The molecule has 0 radical (unpaired) electrons. The smallest absolute Gasteiger partial charge is 0.269 e. The van der Waals surface area contributed by atoms with E-state index in [-0.39, 0.29) is 18.0 Å². The summed E-state index contributed by atoms with van der Waals surface area (Å²) in [6, 6.07) is 25.8. The summed E-state index contributed by atoms with van der Waals surface area (Å²) in [4.78, 5) is 23.2. The Morgan fingerprint density at radius 1 is 0.938 bits per heavy atom. The normalized spacial score (nSPS) is 10.6. The highest BCUT2D eigenvalue weighted by atomic mass is 16.6. The number of para-hydroxylation sites is 1. The summed E-state index contributed by atoms with van der Waals surface area (Å²) < 4.78 is 1.73. The lowest BCUT2D eigenvalue weighted by atomic mass is 10.1. The van der Waals surface area contributed by atoms with E-state index in [2.05, 4.69) is 10.4 Å². The molecule has 160 valence electrons. The average Bonchev–Trinajstić information content (AvgIpc) is 3.24. The van der Waals surface area contributed by atoms with Crippen LogP contribution in [0.3, 0.4) is 0 Å². The Morgan fingerprint density at radius 2 is 1.59 bits per heavy atom. The molecule has 0 aliphatic heterocycles. The number of nitro benzene ring substituents is 1. The molecule has 1 aromatic heterocycles. The highest BCUT2D eigenvalue weighted by molar-refractivity contribution is 5.81. The zero-order valence-electron chi connectivity index (χ0n) is 17.3. The quantitative estimate of drug-likeness (QED) is 0.335. The topological polar surface area (TPSA) is 90.1 Å². The van der Waals surface area contributed by atoms with Crippen molar-refractivity contribution in [3.05, 3.63) is 112 Å². The number of nitrogens with one attached hydrogen (secondary N) is 1. The number of benzene rings is 3. The molecule has 7 heteroatoms. The van der Waals surface area contributed by atoms with E-state index in [0.29, 0.717) is 12.2 Å². The fraction of sp³-hybridized carbons (Fsp3) is 0.120. The van der Waals surface area contributed by atoms with E-state index in [1.807, 2.05) is 66.9 Å². The minimum absolute atomic E-state index is 0.0106. The van der Waals surface area contributed by atoms with Gasteiger partial charge in [-0.05, 0) is 36.2 Å². The lowest BCUT2D eigenvalue weighted by Gasteiger charge is -2.06. The van der Waals surface area contributed by atoms with Crippen LogP contribution in [-0.4, -0.2) is 27.2 Å². The minimum Gasteiger partial charge on any atom is -0.355 e. The molecule has 0 aliphatic rings. The molecule has 0 atom stereocenters. The molecule has 0 spiro atoms. The number of nitro groups is 1. The van der Waals surface area contributed by atoms with Gasteiger partial charge in [-0.25, -0.2) is 4.68 Å². The summed E-state index contributed by atoms with van der Waals surface area (Å²) in [6.07, 6.45) is 2.75. The van der Waals surface area contributed by atoms with Crippen molar-refractivity contribution < 1.29 is 9.72 Å².